The molecule has 0 radical (unpaired) electrons. The van der Waals surface area contributed by atoms with Crippen molar-refractivity contribution in [1.29, 1.82) is 0 Å². The van der Waals surface area contributed by atoms with E-state index in [1.165, 1.54) is 38.5 Å². The van der Waals surface area contributed by atoms with E-state index in [2.05, 4.69) is 25.8 Å². The lowest BCUT2D eigenvalue weighted by Gasteiger charge is -2.64. The van der Waals surface area contributed by atoms with Crippen LogP contribution in [-0.2, 0) is 5.60 Å². The van der Waals surface area contributed by atoms with E-state index >= 15 is 0 Å². The van der Waals surface area contributed by atoms with Gasteiger partial charge in [-0.2, -0.15) is 0 Å². The van der Waals surface area contributed by atoms with Crippen LogP contribution in [0.5, 0.6) is 0 Å². The van der Waals surface area contributed by atoms with Crippen molar-refractivity contribution >= 4 is 0 Å². The van der Waals surface area contributed by atoms with Gasteiger partial charge in [0.25, 0.3) is 0 Å². The van der Waals surface area contributed by atoms with Crippen LogP contribution in [0.4, 0.5) is 0 Å². The van der Waals surface area contributed by atoms with Gasteiger partial charge in [-0.1, -0.05) is 20.8 Å². The molecule has 2 atom stereocenters. The second-order valence-electron chi connectivity index (χ2n) is 9.64. The quantitative estimate of drug-likeness (QED) is 0.870. The topological polar surface area (TPSA) is 33.1 Å². The molecule has 4 aliphatic rings. The molecule has 2 unspecified atom stereocenters. The molecule has 0 amide bonds. The van der Waals surface area contributed by atoms with Gasteiger partial charge < -0.3 is 5.11 Å². The smallest absolute Gasteiger partial charge is 0.0954 e. The Hall–Kier alpha value is -0.890. The van der Waals surface area contributed by atoms with Crippen molar-refractivity contribution in [3.63, 3.8) is 0 Å². The second-order valence-corrected chi connectivity index (χ2v) is 9.64. The third-order valence-electron chi connectivity index (χ3n) is 6.61. The van der Waals surface area contributed by atoms with Crippen molar-refractivity contribution in [2.75, 3.05) is 0 Å². The number of nitrogens with zero attached hydrogens (tertiary/aromatic N) is 1. The minimum absolute atomic E-state index is 0.389. The molecule has 1 heterocycles. The molecular formula is C20H29NO. The molecule has 1 N–H and O–H groups in total. The highest BCUT2D eigenvalue weighted by Gasteiger charge is 2.62. The Labute approximate surface area is 134 Å². The van der Waals surface area contributed by atoms with E-state index in [0.717, 1.165) is 11.5 Å². The van der Waals surface area contributed by atoms with Crippen LogP contribution in [0, 0.1) is 28.6 Å². The summed E-state index contributed by atoms with van der Waals surface area (Å²) in [6.07, 6.45) is 11.3. The van der Waals surface area contributed by atoms with Gasteiger partial charge in [0.2, 0.25) is 0 Å². The summed E-state index contributed by atoms with van der Waals surface area (Å²) in [5.74, 6) is 1.74. The van der Waals surface area contributed by atoms with Gasteiger partial charge in [-0.05, 0) is 84.8 Å². The maximum absolute atomic E-state index is 11.6. The summed E-state index contributed by atoms with van der Waals surface area (Å²) in [6.45, 7) is 7.13. The molecule has 1 aromatic heterocycles. The first kappa shape index (κ1) is 14.7. The fraction of sp³-hybridized carbons (Fsp3) is 0.750. The molecule has 1 aromatic rings. The zero-order valence-corrected chi connectivity index (χ0v) is 14.2. The summed E-state index contributed by atoms with van der Waals surface area (Å²) >= 11 is 0. The van der Waals surface area contributed by atoms with E-state index in [4.69, 9.17) is 0 Å². The van der Waals surface area contributed by atoms with Crippen LogP contribution in [0.3, 0.4) is 0 Å². The molecule has 0 spiro atoms. The van der Waals surface area contributed by atoms with E-state index in [1.54, 1.807) is 0 Å². The molecule has 0 aliphatic heterocycles. The van der Waals surface area contributed by atoms with Crippen LogP contribution in [0.2, 0.25) is 0 Å². The Morgan fingerprint density at radius 3 is 2.23 bits per heavy atom. The molecule has 0 saturated heterocycles. The fourth-order valence-electron chi connectivity index (χ4n) is 6.58. The first-order valence-electron chi connectivity index (χ1n) is 8.94. The Bertz CT molecular complexity index is 543. The number of hydrogen-bond acceptors (Lipinski definition) is 2. The molecule has 0 aromatic carbocycles. The molecule has 22 heavy (non-hydrogen) atoms. The summed E-state index contributed by atoms with van der Waals surface area (Å²) in [5, 5.41) is 11.6. The van der Waals surface area contributed by atoms with Crippen LogP contribution in [0.25, 0.3) is 0 Å². The lowest BCUT2D eigenvalue weighted by molar-refractivity contribution is -0.213. The number of rotatable bonds is 2. The Kier molecular flexibility index (Phi) is 3.05. The highest BCUT2D eigenvalue weighted by molar-refractivity contribution is 5.26. The van der Waals surface area contributed by atoms with Crippen LogP contribution in [0.1, 0.15) is 64.9 Å². The average molecular weight is 299 g/mol. The van der Waals surface area contributed by atoms with Crippen molar-refractivity contribution in [3.05, 3.63) is 30.1 Å². The lowest BCUT2D eigenvalue weighted by Crippen LogP contribution is -2.59. The van der Waals surface area contributed by atoms with Crippen LogP contribution < -0.4 is 0 Å². The van der Waals surface area contributed by atoms with Gasteiger partial charge in [-0.15, -0.1) is 0 Å². The van der Waals surface area contributed by atoms with Gasteiger partial charge >= 0.3 is 0 Å². The summed E-state index contributed by atoms with van der Waals surface area (Å²) in [7, 11) is 0. The first-order chi connectivity index (χ1) is 10.3. The summed E-state index contributed by atoms with van der Waals surface area (Å²) in [4.78, 5) is 4.14. The highest BCUT2D eigenvalue weighted by atomic mass is 16.3. The van der Waals surface area contributed by atoms with Gasteiger partial charge in [0, 0.05) is 12.4 Å². The van der Waals surface area contributed by atoms with Gasteiger partial charge in [-0.25, -0.2) is 0 Å². The number of pyridine rings is 1. The Morgan fingerprint density at radius 1 is 1.09 bits per heavy atom. The van der Waals surface area contributed by atoms with E-state index in [-0.39, 0.29) is 0 Å². The predicted molar refractivity (Wildman–Crippen MR) is 88.2 cm³/mol. The fourth-order valence-corrected chi connectivity index (χ4v) is 6.58. The third kappa shape index (κ3) is 2.14. The van der Waals surface area contributed by atoms with E-state index in [0.29, 0.717) is 22.7 Å². The maximum atomic E-state index is 11.6. The zero-order valence-electron chi connectivity index (χ0n) is 14.2. The normalized spacial score (nSPS) is 43.5. The van der Waals surface area contributed by atoms with Crippen molar-refractivity contribution in [2.24, 2.45) is 28.6 Å². The summed E-state index contributed by atoms with van der Waals surface area (Å²) in [5.41, 5.74) is 1.40. The highest BCUT2D eigenvalue weighted by Crippen LogP contribution is 2.68. The van der Waals surface area contributed by atoms with Crippen LogP contribution in [0.15, 0.2) is 24.5 Å². The van der Waals surface area contributed by atoms with Gasteiger partial charge in [-0.3, -0.25) is 4.98 Å². The molecule has 4 fully saturated rings. The van der Waals surface area contributed by atoms with E-state index < -0.39 is 5.60 Å². The SMILES string of the molecule is CC(C)(C)CC12CC3CC(C1)C(O)(c1ccncc1)C(C3)C2. The summed E-state index contributed by atoms with van der Waals surface area (Å²) in [6, 6.07) is 4.08. The molecule has 2 heteroatoms. The number of aliphatic hydroxyl groups is 1. The molecular weight excluding hydrogens is 270 g/mol. The van der Waals surface area contributed by atoms with Crippen molar-refractivity contribution in [2.45, 2.75) is 64.9 Å². The molecule has 4 saturated carbocycles. The minimum Gasteiger partial charge on any atom is -0.385 e. The third-order valence-corrected chi connectivity index (χ3v) is 6.61. The number of aromatic nitrogens is 1. The van der Waals surface area contributed by atoms with Crippen molar-refractivity contribution in [1.82, 2.24) is 4.98 Å². The standard InChI is InChI=1S/C20H29NO/c1-18(2,3)13-19-10-14-8-16(11-19)20(22,17(9-14)12-19)15-4-6-21-7-5-15/h4-7,14,16-17,22H,8-13H2,1-3H3. The molecule has 120 valence electrons. The van der Waals surface area contributed by atoms with Gasteiger partial charge in [0.15, 0.2) is 0 Å². The number of hydrogen-bond donors (Lipinski definition) is 1. The molecule has 4 bridgehead atoms. The maximum Gasteiger partial charge on any atom is 0.0954 e. The van der Waals surface area contributed by atoms with Crippen molar-refractivity contribution in [3.8, 4) is 0 Å². The first-order valence-corrected chi connectivity index (χ1v) is 8.94. The Morgan fingerprint density at radius 2 is 1.68 bits per heavy atom. The van der Waals surface area contributed by atoms with Crippen LogP contribution in [-0.4, -0.2) is 10.1 Å². The largest absolute Gasteiger partial charge is 0.385 e. The average Bonchev–Trinajstić information content (AvgIpc) is 2.42. The van der Waals surface area contributed by atoms with E-state index in [9.17, 15) is 5.11 Å². The van der Waals surface area contributed by atoms with Gasteiger partial charge in [0.05, 0.1) is 5.60 Å². The molecule has 5 rings (SSSR count). The predicted octanol–water partition coefficient (Wildman–Crippen LogP) is 4.53. The second kappa shape index (κ2) is 4.56. The van der Waals surface area contributed by atoms with Gasteiger partial charge in [0.1, 0.15) is 0 Å². The van der Waals surface area contributed by atoms with Crippen molar-refractivity contribution < 1.29 is 5.11 Å². The summed E-state index contributed by atoms with van der Waals surface area (Å²) < 4.78 is 0. The van der Waals surface area contributed by atoms with E-state index in [1.807, 2.05) is 24.5 Å². The minimum atomic E-state index is -0.596. The zero-order chi connectivity index (χ0) is 15.6. The molecule has 4 aliphatic carbocycles. The Balaban J connectivity index is 1.69. The molecule has 2 nitrogen and oxygen atoms in total. The van der Waals surface area contributed by atoms with Crippen LogP contribution >= 0.6 is 0 Å². The monoisotopic (exact) mass is 299 g/mol. The lowest BCUT2D eigenvalue weighted by atomic mass is 9.42.